The van der Waals surface area contributed by atoms with Crippen molar-refractivity contribution in [3.05, 3.63) is 0 Å². The maximum absolute atomic E-state index is 9.29. The van der Waals surface area contributed by atoms with Crippen LogP contribution in [0.15, 0.2) is 0 Å². The molecule has 22 heavy (non-hydrogen) atoms. The van der Waals surface area contributed by atoms with E-state index in [1.54, 1.807) is 25.7 Å². The Morgan fingerprint density at radius 1 is 0.636 bits per heavy atom. The van der Waals surface area contributed by atoms with E-state index in [-0.39, 0.29) is 0 Å². The van der Waals surface area contributed by atoms with Gasteiger partial charge >= 0.3 is 12.3 Å². The Bertz CT molecular complexity index is 265. The summed E-state index contributed by atoms with van der Waals surface area (Å²) >= 11 is 0. The minimum Gasteiger partial charge on any atom is -0.447 e. The van der Waals surface area contributed by atoms with E-state index in [9.17, 15) is 9.59 Å². The van der Waals surface area contributed by atoms with Crippen LogP contribution in [0.2, 0.25) is 0 Å². The van der Waals surface area contributed by atoms with Crippen molar-refractivity contribution in [2.45, 2.75) is 64.2 Å². The number of hydrogen-bond acceptors (Lipinski definition) is 6. The lowest BCUT2D eigenvalue weighted by atomic mass is 9.73. The van der Waals surface area contributed by atoms with E-state index in [0.717, 1.165) is 11.8 Å². The second-order valence-electron chi connectivity index (χ2n) is 5.49. The molecule has 2 fully saturated rings. The van der Waals surface area contributed by atoms with Gasteiger partial charge in [0.2, 0.25) is 0 Å². The summed E-state index contributed by atoms with van der Waals surface area (Å²) < 4.78 is 0. The minimum atomic E-state index is -1.80. The third-order valence-electron chi connectivity index (χ3n) is 4.15. The zero-order valence-corrected chi connectivity index (χ0v) is 12.6. The fourth-order valence-electron chi connectivity index (χ4n) is 3.28. The molecule has 0 bridgehead atoms. The molecule has 0 heterocycles. The summed E-state index contributed by atoms with van der Waals surface area (Å²) in [6.07, 6.45) is 11.8. The molecule has 130 valence electrons. The maximum Gasteiger partial charge on any atom is 0.547 e. The molecule has 0 aromatic carbocycles. The van der Waals surface area contributed by atoms with Crippen molar-refractivity contribution in [1.82, 2.24) is 0 Å². The summed E-state index contributed by atoms with van der Waals surface area (Å²) in [6.45, 7) is 0. The fourth-order valence-corrected chi connectivity index (χ4v) is 3.28. The first-order valence-corrected chi connectivity index (χ1v) is 7.60. The summed E-state index contributed by atoms with van der Waals surface area (Å²) in [5, 5.41) is 27.1. The van der Waals surface area contributed by atoms with Crippen LogP contribution in [-0.4, -0.2) is 33.0 Å². The van der Waals surface area contributed by atoms with Gasteiger partial charge in [0.25, 0.3) is 0 Å². The molecular formula is C14H26O8. The SMILES string of the molecule is C1CCC(C2CCCCC2)CC1.O=C(O)OOC(=O)O.OO. The second-order valence-corrected chi connectivity index (χ2v) is 5.49. The van der Waals surface area contributed by atoms with Gasteiger partial charge in [-0.05, 0) is 11.8 Å². The Balaban J connectivity index is 0.000000388. The second kappa shape index (κ2) is 13.1. The van der Waals surface area contributed by atoms with Crippen LogP contribution >= 0.6 is 0 Å². The average molecular weight is 322 g/mol. The molecule has 2 aliphatic carbocycles. The molecule has 0 radical (unpaired) electrons. The summed E-state index contributed by atoms with van der Waals surface area (Å²) in [7, 11) is 0. The van der Waals surface area contributed by atoms with Crippen LogP contribution in [0.4, 0.5) is 9.59 Å². The zero-order valence-electron chi connectivity index (χ0n) is 12.6. The summed E-state index contributed by atoms with van der Waals surface area (Å²) in [4.78, 5) is 24.8. The molecule has 4 N–H and O–H groups in total. The van der Waals surface area contributed by atoms with Gasteiger partial charge in [-0.25, -0.2) is 19.4 Å². The van der Waals surface area contributed by atoms with Gasteiger partial charge in [0, 0.05) is 0 Å². The van der Waals surface area contributed by atoms with Crippen LogP contribution in [0.3, 0.4) is 0 Å². The van der Waals surface area contributed by atoms with Gasteiger partial charge in [0.15, 0.2) is 0 Å². The van der Waals surface area contributed by atoms with E-state index in [1.165, 1.54) is 38.5 Å². The molecule has 8 nitrogen and oxygen atoms in total. The Kier molecular flexibility index (Phi) is 12.2. The van der Waals surface area contributed by atoms with E-state index in [2.05, 4.69) is 9.78 Å². The molecule has 0 saturated heterocycles. The Morgan fingerprint density at radius 2 is 0.909 bits per heavy atom. The normalized spacial score (nSPS) is 18.8. The third kappa shape index (κ3) is 10.2. The topological polar surface area (TPSA) is 134 Å². The van der Waals surface area contributed by atoms with Crippen molar-refractivity contribution in [2.75, 3.05) is 0 Å². The Hall–Kier alpha value is -1.54. The molecular weight excluding hydrogens is 296 g/mol. The van der Waals surface area contributed by atoms with Crippen LogP contribution in [-0.2, 0) is 9.78 Å². The quantitative estimate of drug-likeness (QED) is 0.411. The molecule has 2 saturated carbocycles. The van der Waals surface area contributed by atoms with Crippen LogP contribution in [0.25, 0.3) is 0 Å². The fraction of sp³-hybridized carbons (Fsp3) is 0.857. The molecule has 8 heteroatoms. The summed E-state index contributed by atoms with van der Waals surface area (Å²) in [5.41, 5.74) is 0. The number of carbonyl (C=O) groups is 2. The van der Waals surface area contributed by atoms with Gasteiger partial charge in [0.1, 0.15) is 0 Å². The summed E-state index contributed by atoms with van der Waals surface area (Å²) in [6, 6.07) is 0. The molecule has 0 aromatic rings. The maximum atomic E-state index is 9.29. The average Bonchev–Trinajstić information content (AvgIpc) is 2.57. The smallest absolute Gasteiger partial charge is 0.447 e. The largest absolute Gasteiger partial charge is 0.547 e. The first-order chi connectivity index (χ1) is 10.6. The Morgan fingerprint density at radius 3 is 1.14 bits per heavy atom. The number of hydrogen-bond donors (Lipinski definition) is 4. The number of rotatable bonds is 1. The predicted molar refractivity (Wildman–Crippen MR) is 76.6 cm³/mol. The van der Waals surface area contributed by atoms with Gasteiger partial charge < -0.3 is 10.2 Å². The van der Waals surface area contributed by atoms with Gasteiger partial charge in [0.05, 0.1) is 0 Å². The van der Waals surface area contributed by atoms with Crippen molar-refractivity contribution >= 4 is 12.3 Å². The Labute approximate surface area is 129 Å². The van der Waals surface area contributed by atoms with Crippen LogP contribution in [0.1, 0.15) is 64.2 Å². The lowest BCUT2D eigenvalue weighted by molar-refractivity contribution is -0.208. The molecule has 0 aliphatic heterocycles. The molecule has 2 aliphatic rings. The first-order valence-electron chi connectivity index (χ1n) is 7.60. The van der Waals surface area contributed by atoms with Crippen LogP contribution < -0.4 is 0 Å². The van der Waals surface area contributed by atoms with E-state index in [1.807, 2.05) is 0 Å². The molecule has 0 unspecified atom stereocenters. The highest BCUT2D eigenvalue weighted by Crippen LogP contribution is 2.37. The third-order valence-corrected chi connectivity index (χ3v) is 4.15. The number of carboxylic acid groups (broad SMARTS) is 2. The van der Waals surface area contributed by atoms with E-state index in [4.69, 9.17) is 20.7 Å². The summed E-state index contributed by atoms with van der Waals surface area (Å²) in [5.74, 6) is 2.28. The van der Waals surface area contributed by atoms with Gasteiger partial charge in [-0.1, -0.05) is 64.2 Å². The minimum absolute atomic E-state index is 1.14. The molecule has 0 amide bonds. The molecule has 0 aromatic heterocycles. The lowest BCUT2D eigenvalue weighted by Gasteiger charge is -2.32. The highest BCUT2D eigenvalue weighted by Gasteiger charge is 2.24. The van der Waals surface area contributed by atoms with Crippen LogP contribution in [0.5, 0.6) is 0 Å². The van der Waals surface area contributed by atoms with Crippen LogP contribution in [0, 0.1) is 11.8 Å². The van der Waals surface area contributed by atoms with E-state index >= 15 is 0 Å². The highest BCUT2D eigenvalue weighted by atomic mass is 17.2. The zero-order chi connectivity index (χ0) is 16.8. The van der Waals surface area contributed by atoms with Crippen molar-refractivity contribution < 1.29 is 40.1 Å². The standard InChI is InChI=1S/C12H22.C2H2O6.H2O2/c1-3-7-11(8-4-1)12-9-5-2-6-10-12;3-1(4)7-8-2(5)6;1-2/h11-12H,1-10H2;(H,3,4)(H,5,6);1-2H. The van der Waals surface area contributed by atoms with Crippen molar-refractivity contribution in [3.63, 3.8) is 0 Å². The monoisotopic (exact) mass is 322 g/mol. The molecule has 0 atom stereocenters. The first kappa shape index (κ1) is 20.5. The predicted octanol–water partition coefficient (Wildman–Crippen LogP) is 4.46. The lowest BCUT2D eigenvalue weighted by Crippen LogP contribution is -2.20. The molecule has 0 spiro atoms. The van der Waals surface area contributed by atoms with Gasteiger partial charge in [-0.2, -0.15) is 0 Å². The van der Waals surface area contributed by atoms with Gasteiger partial charge in [-0.15, -0.1) is 0 Å². The van der Waals surface area contributed by atoms with Crippen molar-refractivity contribution in [2.24, 2.45) is 11.8 Å². The van der Waals surface area contributed by atoms with Crippen molar-refractivity contribution in [3.8, 4) is 0 Å². The highest BCUT2D eigenvalue weighted by molar-refractivity contribution is 5.60. The molecule has 2 rings (SSSR count). The van der Waals surface area contributed by atoms with Gasteiger partial charge in [-0.3, -0.25) is 10.5 Å². The van der Waals surface area contributed by atoms with Crippen molar-refractivity contribution in [1.29, 1.82) is 0 Å². The van der Waals surface area contributed by atoms with E-state index < -0.39 is 12.3 Å². The van der Waals surface area contributed by atoms with E-state index in [0.29, 0.717) is 0 Å².